The van der Waals surface area contributed by atoms with Crippen molar-refractivity contribution in [3.05, 3.63) is 12.4 Å². The van der Waals surface area contributed by atoms with Crippen molar-refractivity contribution in [2.75, 3.05) is 30.9 Å². The van der Waals surface area contributed by atoms with Crippen LogP contribution in [-0.4, -0.2) is 41.8 Å². The summed E-state index contributed by atoms with van der Waals surface area (Å²) in [5.41, 5.74) is 0. The van der Waals surface area contributed by atoms with E-state index in [-0.39, 0.29) is 6.10 Å². The predicted molar refractivity (Wildman–Crippen MR) is 63.6 cm³/mol. The number of aliphatic hydroxyl groups excluding tert-OH is 1. The van der Waals surface area contributed by atoms with Crippen LogP contribution in [0.15, 0.2) is 12.4 Å². The van der Waals surface area contributed by atoms with Gasteiger partial charge in [0, 0.05) is 20.6 Å². The molecule has 2 rings (SSSR count). The van der Waals surface area contributed by atoms with E-state index in [9.17, 15) is 5.11 Å². The molecular weight excluding hydrogens is 204 g/mol. The maximum Gasteiger partial charge on any atom is 0.149 e. The minimum Gasteiger partial charge on any atom is -0.393 e. The van der Waals surface area contributed by atoms with Gasteiger partial charge < -0.3 is 15.3 Å². The van der Waals surface area contributed by atoms with Crippen LogP contribution in [0.5, 0.6) is 0 Å². The second-order valence-electron chi connectivity index (χ2n) is 4.38. The number of nitrogens with one attached hydrogen (secondary N) is 1. The van der Waals surface area contributed by atoms with E-state index in [1.165, 1.54) is 0 Å². The fraction of sp³-hybridized carbons (Fsp3) is 0.636. The minimum atomic E-state index is -0.0897. The van der Waals surface area contributed by atoms with Crippen molar-refractivity contribution in [3.8, 4) is 0 Å². The van der Waals surface area contributed by atoms with Gasteiger partial charge >= 0.3 is 0 Å². The Labute approximate surface area is 95.5 Å². The predicted octanol–water partition coefficient (Wildman–Crippen LogP) is 0.725. The molecule has 1 aliphatic rings. The number of aromatic nitrogens is 2. The molecular formula is C11H18N4O. The Morgan fingerprint density at radius 1 is 1.50 bits per heavy atom. The van der Waals surface area contributed by atoms with Gasteiger partial charge in [-0.2, -0.15) is 0 Å². The molecule has 0 amide bonds. The molecule has 1 aromatic rings. The van der Waals surface area contributed by atoms with Crippen molar-refractivity contribution in [3.63, 3.8) is 0 Å². The van der Waals surface area contributed by atoms with Gasteiger partial charge in [0.2, 0.25) is 0 Å². The maximum absolute atomic E-state index is 9.23. The van der Waals surface area contributed by atoms with Crippen LogP contribution in [0.4, 0.5) is 11.6 Å². The third-order valence-corrected chi connectivity index (χ3v) is 3.01. The van der Waals surface area contributed by atoms with Crippen LogP contribution in [0, 0.1) is 5.92 Å². The first kappa shape index (κ1) is 11.1. The molecule has 16 heavy (non-hydrogen) atoms. The number of nitrogens with zero attached hydrogens (tertiary/aromatic N) is 3. The quantitative estimate of drug-likeness (QED) is 0.786. The van der Waals surface area contributed by atoms with Crippen LogP contribution < -0.4 is 10.2 Å². The molecule has 0 aliphatic heterocycles. The van der Waals surface area contributed by atoms with E-state index in [4.69, 9.17) is 0 Å². The fourth-order valence-corrected chi connectivity index (χ4v) is 1.99. The Kier molecular flexibility index (Phi) is 3.24. The first-order chi connectivity index (χ1) is 7.69. The van der Waals surface area contributed by atoms with E-state index in [1.54, 1.807) is 12.4 Å². The summed E-state index contributed by atoms with van der Waals surface area (Å²) in [5, 5.41) is 12.2. The van der Waals surface area contributed by atoms with E-state index < -0.39 is 0 Å². The summed E-state index contributed by atoms with van der Waals surface area (Å²) in [6.07, 6.45) is 5.18. The molecule has 0 unspecified atom stereocenters. The SMILES string of the molecule is CNc1cncc(N(C)CC2CC(O)C2)n1. The van der Waals surface area contributed by atoms with Crippen molar-refractivity contribution in [1.29, 1.82) is 0 Å². The Bertz CT molecular complexity index is 352. The van der Waals surface area contributed by atoms with Crippen molar-refractivity contribution < 1.29 is 5.11 Å². The molecule has 1 aliphatic carbocycles. The molecule has 2 N–H and O–H groups in total. The van der Waals surface area contributed by atoms with E-state index in [1.807, 2.05) is 14.1 Å². The molecule has 1 aromatic heterocycles. The zero-order valence-corrected chi connectivity index (χ0v) is 9.72. The summed E-state index contributed by atoms with van der Waals surface area (Å²) < 4.78 is 0. The highest BCUT2D eigenvalue weighted by Crippen LogP contribution is 2.28. The van der Waals surface area contributed by atoms with Crippen molar-refractivity contribution in [2.24, 2.45) is 5.92 Å². The molecule has 0 aromatic carbocycles. The molecule has 0 atom stereocenters. The molecule has 1 saturated carbocycles. The molecule has 0 saturated heterocycles. The lowest BCUT2D eigenvalue weighted by molar-refractivity contribution is 0.0464. The molecule has 0 spiro atoms. The Morgan fingerprint density at radius 3 is 2.88 bits per heavy atom. The highest BCUT2D eigenvalue weighted by Gasteiger charge is 2.28. The van der Waals surface area contributed by atoms with Gasteiger partial charge in [-0.15, -0.1) is 0 Å². The lowest BCUT2D eigenvalue weighted by Gasteiger charge is -2.34. The topological polar surface area (TPSA) is 61.3 Å². The molecule has 0 bridgehead atoms. The average Bonchev–Trinajstić information content (AvgIpc) is 2.27. The van der Waals surface area contributed by atoms with Crippen molar-refractivity contribution in [2.45, 2.75) is 18.9 Å². The van der Waals surface area contributed by atoms with Crippen molar-refractivity contribution in [1.82, 2.24) is 9.97 Å². The van der Waals surface area contributed by atoms with E-state index in [0.717, 1.165) is 31.0 Å². The average molecular weight is 222 g/mol. The third-order valence-electron chi connectivity index (χ3n) is 3.01. The largest absolute Gasteiger partial charge is 0.393 e. The number of hydrogen-bond donors (Lipinski definition) is 2. The van der Waals surface area contributed by atoms with Gasteiger partial charge in [-0.3, -0.25) is 4.98 Å². The summed E-state index contributed by atoms with van der Waals surface area (Å²) in [4.78, 5) is 10.6. The highest BCUT2D eigenvalue weighted by atomic mass is 16.3. The third kappa shape index (κ3) is 2.41. The van der Waals surface area contributed by atoms with Gasteiger partial charge in [0.25, 0.3) is 0 Å². The number of anilines is 2. The normalized spacial score (nSPS) is 23.7. The zero-order chi connectivity index (χ0) is 11.5. The molecule has 1 heterocycles. The van der Waals surface area contributed by atoms with Crippen LogP contribution >= 0.6 is 0 Å². The van der Waals surface area contributed by atoms with Crippen molar-refractivity contribution >= 4 is 11.6 Å². The standard InChI is InChI=1S/C11H18N4O/c1-12-10-5-13-6-11(14-10)15(2)7-8-3-9(16)4-8/h5-6,8-9,16H,3-4,7H2,1-2H3,(H,12,14). The monoisotopic (exact) mass is 222 g/mol. The van der Waals surface area contributed by atoms with Gasteiger partial charge in [-0.1, -0.05) is 0 Å². The molecule has 1 fully saturated rings. The summed E-state index contributed by atoms with van der Waals surface area (Å²) in [5.74, 6) is 2.23. The lowest BCUT2D eigenvalue weighted by Crippen LogP contribution is -2.37. The fourth-order valence-electron chi connectivity index (χ4n) is 1.99. The molecule has 0 radical (unpaired) electrons. The summed E-state index contributed by atoms with van der Waals surface area (Å²) in [6, 6.07) is 0. The zero-order valence-electron chi connectivity index (χ0n) is 9.72. The Morgan fingerprint density at radius 2 is 2.25 bits per heavy atom. The Hall–Kier alpha value is -1.36. The number of rotatable bonds is 4. The lowest BCUT2D eigenvalue weighted by atomic mass is 9.82. The molecule has 5 heteroatoms. The maximum atomic E-state index is 9.23. The first-order valence-corrected chi connectivity index (χ1v) is 5.58. The van der Waals surface area contributed by atoms with Crippen LogP contribution in [0.2, 0.25) is 0 Å². The van der Waals surface area contributed by atoms with Crippen LogP contribution in [0.1, 0.15) is 12.8 Å². The van der Waals surface area contributed by atoms with Crippen LogP contribution in [0.25, 0.3) is 0 Å². The highest BCUT2D eigenvalue weighted by molar-refractivity contribution is 5.42. The summed E-state index contributed by atoms with van der Waals surface area (Å²) in [6.45, 7) is 0.929. The van der Waals surface area contributed by atoms with E-state index in [2.05, 4.69) is 20.2 Å². The second-order valence-corrected chi connectivity index (χ2v) is 4.38. The second kappa shape index (κ2) is 4.65. The van der Waals surface area contributed by atoms with Gasteiger partial charge in [-0.05, 0) is 18.8 Å². The molecule has 5 nitrogen and oxygen atoms in total. The smallest absolute Gasteiger partial charge is 0.149 e. The minimum absolute atomic E-state index is 0.0897. The van der Waals surface area contributed by atoms with Gasteiger partial charge in [-0.25, -0.2) is 4.98 Å². The Balaban J connectivity index is 1.94. The van der Waals surface area contributed by atoms with E-state index >= 15 is 0 Å². The van der Waals surface area contributed by atoms with E-state index in [0.29, 0.717) is 5.92 Å². The van der Waals surface area contributed by atoms with Crippen LogP contribution in [-0.2, 0) is 0 Å². The van der Waals surface area contributed by atoms with Gasteiger partial charge in [0.15, 0.2) is 0 Å². The van der Waals surface area contributed by atoms with Crippen LogP contribution in [0.3, 0.4) is 0 Å². The first-order valence-electron chi connectivity index (χ1n) is 5.58. The number of aliphatic hydroxyl groups is 1. The summed E-state index contributed by atoms with van der Waals surface area (Å²) in [7, 11) is 3.84. The summed E-state index contributed by atoms with van der Waals surface area (Å²) >= 11 is 0. The van der Waals surface area contributed by atoms with Gasteiger partial charge in [0.05, 0.1) is 18.5 Å². The molecule has 88 valence electrons. The number of hydrogen-bond acceptors (Lipinski definition) is 5. The van der Waals surface area contributed by atoms with Gasteiger partial charge in [0.1, 0.15) is 11.6 Å².